The van der Waals surface area contributed by atoms with Crippen molar-refractivity contribution in [3.05, 3.63) is 123 Å². The van der Waals surface area contributed by atoms with E-state index in [4.69, 9.17) is 0 Å². The van der Waals surface area contributed by atoms with E-state index in [0.717, 1.165) is 39.9 Å². The van der Waals surface area contributed by atoms with Crippen LogP contribution >= 0.6 is 0 Å². The molecule has 1 aliphatic carbocycles. The van der Waals surface area contributed by atoms with E-state index in [9.17, 15) is 14.9 Å². The number of aldehydes is 1. The maximum absolute atomic E-state index is 12.1. The molecule has 38 heavy (non-hydrogen) atoms. The number of hydrogen-bond acceptors (Lipinski definition) is 5. The summed E-state index contributed by atoms with van der Waals surface area (Å²) in [6, 6.07) is 25.7. The van der Waals surface area contributed by atoms with Gasteiger partial charge in [-0.15, -0.1) is 0 Å². The summed E-state index contributed by atoms with van der Waals surface area (Å²) in [4.78, 5) is 27.8. The minimum absolute atomic E-state index is 0.154. The summed E-state index contributed by atoms with van der Waals surface area (Å²) >= 11 is 0. The number of carbonyl (C=O) groups excluding carboxylic acids is 1. The van der Waals surface area contributed by atoms with Crippen molar-refractivity contribution in [3.8, 4) is 0 Å². The van der Waals surface area contributed by atoms with Gasteiger partial charge < -0.3 is 9.80 Å². The monoisotopic (exact) mass is 509 g/mol. The van der Waals surface area contributed by atoms with Crippen LogP contribution in [0.25, 0.3) is 5.57 Å². The van der Waals surface area contributed by atoms with E-state index in [2.05, 4.69) is 64.4 Å². The Labute approximate surface area is 225 Å². The third kappa shape index (κ3) is 6.02. The van der Waals surface area contributed by atoms with Crippen molar-refractivity contribution >= 4 is 23.2 Å². The van der Waals surface area contributed by atoms with Crippen LogP contribution in [0.3, 0.4) is 0 Å². The molecule has 0 aromatic heterocycles. The first kappa shape index (κ1) is 26.9. The average molecular weight is 510 g/mol. The molecule has 0 saturated heterocycles. The van der Waals surface area contributed by atoms with Crippen LogP contribution in [0.2, 0.25) is 0 Å². The molecule has 3 atom stereocenters. The van der Waals surface area contributed by atoms with Gasteiger partial charge in [0.1, 0.15) is 6.29 Å². The smallest absolute Gasteiger partial charge is 0.224 e. The van der Waals surface area contributed by atoms with Crippen LogP contribution in [0, 0.1) is 16.0 Å². The fraction of sp³-hybridized carbons (Fsp3) is 0.281. The molecule has 6 nitrogen and oxygen atoms in total. The molecule has 0 bridgehead atoms. The molecule has 0 N–H and O–H groups in total. The zero-order chi connectivity index (χ0) is 27.2. The van der Waals surface area contributed by atoms with Gasteiger partial charge in [-0.1, -0.05) is 66.7 Å². The predicted molar refractivity (Wildman–Crippen MR) is 155 cm³/mol. The van der Waals surface area contributed by atoms with Crippen molar-refractivity contribution < 1.29 is 9.72 Å². The molecule has 196 valence electrons. The average Bonchev–Trinajstić information content (AvgIpc) is 2.93. The molecule has 4 rings (SSSR count). The Morgan fingerprint density at radius 3 is 1.84 bits per heavy atom. The van der Waals surface area contributed by atoms with Crippen molar-refractivity contribution in [3.63, 3.8) is 0 Å². The lowest BCUT2D eigenvalue weighted by molar-refractivity contribution is -0.528. The molecule has 0 fully saturated rings. The van der Waals surface area contributed by atoms with Gasteiger partial charge in [0.25, 0.3) is 0 Å². The molecule has 0 aliphatic heterocycles. The van der Waals surface area contributed by atoms with Gasteiger partial charge in [0.05, 0.1) is 5.92 Å². The molecule has 1 aliphatic rings. The maximum Gasteiger partial charge on any atom is 0.224 e. The summed E-state index contributed by atoms with van der Waals surface area (Å²) in [5.41, 5.74) is 6.87. The van der Waals surface area contributed by atoms with Gasteiger partial charge in [0, 0.05) is 50.9 Å². The Balaban J connectivity index is 1.78. The minimum atomic E-state index is -0.844. The van der Waals surface area contributed by atoms with Gasteiger partial charge in [-0.3, -0.25) is 14.9 Å². The van der Waals surface area contributed by atoms with Gasteiger partial charge in [0.15, 0.2) is 0 Å². The summed E-state index contributed by atoms with van der Waals surface area (Å²) in [6.45, 7) is 0. The lowest BCUT2D eigenvalue weighted by atomic mass is 9.72. The van der Waals surface area contributed by atoms with Crippen LogP contribution in [0.15, 0.2) is 96.6 Å². The first-order valence-corrected chi connectivity index (χ1v) is 12.9. The topological polar surface area (TPSA) is 66.7 Å². The van der Waals surface area contributed by atoms with Crippen molar-refractivity contribution in [1.82, 2.24) is 0 Å². The van der Waals surface area contributed by atoms with E-state index in [-0.39, 0.29) is 23.2 Å². The summed E-state index contributed by atoms with van der Waals surface area (Å²) in [5.74, 6) is -0.501. The molecule has 0 amide bonds. The zero-order valence-corrected chi connectivity index (χ0v) is 22.5. The highest BCUT2D eigenvalue weighted by Crippen LogP contribution is 2.41. The first-order valence-electron chi connectivity index (χ1n) is 12.9. The molecule has 6 heteroatoms. The van der Waals surface area contributed by atoms with E-state index in [1.165, 1.54) is 0 Å². The second-order valence-corrected chi connectivity index (χ2v) is 10.3. The summed E-state index contributed by atoms with van der Waals surface area (Å²) in [7, 11) is 8.06. The van der Waals surface area contributed by atoms with Crippen LogP contribution in [0.4, 0.5) is 11.4 Å². The number of benzene rings is 3. The van der Waals surface area contributed by atoms with Crippen LogP contribution in [0.5, 0.6) is 0 Å². The predicted octanol–water partition coefficient (Wildman–Crippen LogP) is 6.21. The molecule has 0 unspecified atom stereocenters. The van der Waals surface area contributed by atoms with Crippen molar-refractivity contribution in [2.45, 2.75) is 24.8 Å². The number of allylic oxidation sites excluding steroid dienone is 2. The number of hydrogen-bond donors (Lipinski definition) is 0. The zero-order valence-electron chi connectivity index (χ0n) is 22.5. The fourth-order valence-electron chi connectivity index (χ4n) is 5.29. The lowest BCUT2D eigenvalue weighted by Gasteiger charge is -2.31. The lowest BCUT2D eigenvalue weighted by Crippen LogP contribution is -2.35. The number of rotatable bonds is 9. The van der Waals surface area contributed by atoms with Gasteiger partial charge in [-0.25, -0.2) is 0 Å². The fourth-order valence-corrected chi connectivity index (χ4v) is 5.29. The quantitative estimate of drug-likeness (QED) is 0.195. The van der Waals surface area contributed by atoms with Gasteiger partial charge in [0.2, 0.25) is 6.04 Å². The molecule has 0 saturated carbocycles. The highest BCUT2D eigenvalue weighted by Gasteiger charge is 2.41. The van der Waals surface area contributed by atoms with E-state index >= 15 is 0 Å². The number of nitro groups is 1. The molecular weight excluding hydrogens is 474 g/mol. The van der Waals surface area contributed by atoms with Crippen LogP contribution in [-0.4, -0.2) is 45.4 Å². The number of carbonyl (C=O) groups is 1. The highest BCUT2D eigenvalue weighted by molar-refractivity contribution is 5.81. The number of anilines is 2. The van der Waals surface area contributed by atoms with E-state index < -0.39 is 6.04 Å². The second-order valence-electron chi connectivity index (χ2n) is 10.3. The van der Waals surface area contributed by atoms with Crippen LogP contribution < -0.4 is 9.80 Å². The minimum Gasteiger partial charge on any atom is -0.378 e. The Kier molecular flexibility index (Phi) is 8.41. The maximum atomic E-state index is 12.1. The van der Waals surface area contributed by atoms with Gasteiger partial charge in [-0.2, -0.15) is 0 Å². The molecule has 0 radical (unpaired) electrons. The van der Waals surface area contributed by atoms with Crippen LogP contribution in [0.1, 0.15) is 35.4 Å². The van der Waals surface area contributed by atoms with E-state index in [1.54, 1.807) is 0 Å². The molecule has 3 aromatic carbocycles. The SMILES string of the molecule is CN(C)c1ccc(C(=CC[C@H]2C=C(C=O)C[C@H]([N+](=O)[O-])[C@@H]2c2ccccc2)c2ccc(N(C)C)cc2)cc1. The third-order valence-electron chi connectivity index (χ3n) is 7.34. The van der Waals surface area contributed by atoms with Crippen molar-refractivity contribution in [2.24, 2.45) is 5.92 Å². The molecule has 3 aromatic rings. The molecule has 0 spiro atoms. The third-order valence-corrected chi connectivity index (χ3v) is 7.34. The summed E-state index contributed by atoms with van der Waals surface area (Å²) in [6.07, 6.45) is 5.62. The van der Waals surface area contributed by atoms with Crippen LogP contribution in [-0.2, 0) is 4.79 Å². The van der Waals surface area contributed by atoms with E-state index in [0.29, 0.717) is 12.0 Å². The Hall–Kier alpha value is -4.19. The highest BCUT2D eigenvalue weighted by atomic mass is 16.6. The summed E-state index contributed by atoms with van der Waals surface area (Å²) < 4.78 is 0. The summed E-state index contributed by atoms with van der Waals surface area (Å²) in [5, 5.41) is 12.1. The first-order chi connectivity index (χ1) is 18.3. The standard InChI is InChI=1S/C32H35N3O3/c1-33(2)28-15-10-24(11-16-28)30(25-12-17-29(18-13-25)34(3)4)19-14-27-20-23(22-36)21-31(35(37)38)32(27)26-8-6-5-7-9-26/h5-13,15-20,22,27,31-32H,14,21H2,1-4H3/t27-,31-,32+/m0/s1. The molecular formula is C32H35N3O3. The van der Waals surface area contributed by atoms with Crippen molar-refractivity contribution in [2.75, 3.05) is 38.0 Å². The Morgan fingerprint density at radius 2 is 1.39 bits per heavy atom. The Morgan fingerprint density at radius 1 is 0.868 bits per heavy atom. The Bertz CT molecular complexity index is 1260. The second kappa shape index (κ2) is 11.9. The van der Waals surface area contributed by atoms with Gasteiger partial charge in [-0.05, 0) is 64.4 Å². The molecule has 0 heterocycles. The normalized spacial score (nSPS) is 18.7. The van der Waals surface area contributed by atoms with Gasteiger partial charge >= 0.3 is 0 Å². The number of nitrogens with zero attached hydrogens (tertiary/aromatic N) is 3. The van der Waals surface area contributed by atoms with E-state index in [1.807, 2.05) is 64.6 Å². The largest absolute Gasteiger partial charge is 0.378 e. The van der Waals surface area contributed by atoms with Crippen molar-refractivity contribution in [1.29, 1.82) is 0 Å².